The van der Waals surface area contributed by atoms with Gasteiger partial charge in [-0.25, -0.2) is 4.79 Å². The number of anilines is 1. The van der Waals surface area contributed by atoms with E-state index in [0.717, 1.165) is 12.0 Å². The Morgan fingerprint density at radius 3 is 2.47 bits per heavy atom. The lowest BCUT2D eigenvalue weighted by molar-refractivity contribution is -0.136. The number of hydrogen-bond donors (Lipinski definition) is 3. The number of carboxylic acids is 1. The van der Waals surface area contributed by atoms with Crippen LogP contribution in [0.1, 0.15) is 25.3 Å². The van der Waals surface area contributed by atoms with Crippen molar-refractivity contribution in [2.24, 2.45) is 5.92 Å². The summed E-state index contributed by atoms with van der Waals surface area (Å²) in [5.41, 5.74) is 1.66. The third kappa shape index (κ3) is 4.28. The van der Waals surface area contributed by atoms with Crippen LogP contribution in [0.25, 0.3) is 0 Å². The molecule has 1 aromatic rings. The van der Waals surface area contributed by atoms with Crippen molar-refractivity contribution in [3.63, 3.8) is 0 Å². The summed E-state index contributed by atoms with van der Waals surface area (Å²) in [6, 6.07) is 7.35. The molecule has 1 aliphatic carbocycles. The van der Waals surface area contributed by atoms with Crippen LogP contribution in [0.5, 0.6) is 0 Å². The van der Waals surface area contributed by atoms with Crippen LogP contribution in [-0.4, -0.2) is 23.1 Å². The van der Waals surface area contributed by atoms with E-state index in [-0.39, 0.29) is 12.5 Å². The first kappa shape index (κ1) is 13.4. The Bertz CT molecular complexity index is 470. The van der Waals surface area contributed by atoms with E-state index in [9.17, 15) is 9.59 Å². The van der Waals surface area contributed by atoms with Crippen molar-refractivity contribution >= 4 is 17.7 Å². The predicted molar refractivity (Wildman–Crippen MR) is 72.1 cm³/mol. The van der Waals surface area contributed by atoms with Crippen molar-refractivity contribution in [3.05, 3.63) is 29.8 Å². The number of aliphatic carboxylic acids is 1. The molecule has 0 heterocycles. The monoisotopic (exact) mass is 262 g/mol. The zero-order valence-corrected chi connectivity index (χ0v) is 10.8. The predicted octanol–water partition coefficient (Wildman–Crippen LogP) is 2.23. The third-order valence-electron chi connectivity index (χ3n) is 3.27. The highest BCUT2D eigenvalue weighted by molar-refractivity contribution is 5.89. The molecule has 0 saturated heterocycles. The largest absolute Gasteiger partial charge is 0.481 e. The van der Waals surface area contributed by atoms with Gasteiger partial charge in [0.1, 0.15) is 0 Å². The first-order chi connectivity index (χ1) is 9.04. The van der Waals surface area contributed by atoms with Crippen molar-refractivity contribution in [1.29, 1.82) is 0 Å². The van der Waals surface area contributed by atoms with Gasteiger partial charge >= 0.3 is 12.0 Å². The van der Waals surface area contributed by atoms with E-state index >= 15 is 0 Å². The number of urea groups is 1. The quantitative estimate of drug-likeness (QED) is 0.761. The molecule has 0 aromatic heterocycles. The lowest BCUT2D eigenvalue weighted by Crippen LogP contribution is -2.31. The Balaban J connectivity index is 1.80. The Kier molecular flexibility index (Phi) is 4.04. The summed E-state index contributed by atoms with van der Waals surface area (Å²) < 4.78 is 0. The van der Waals surface area contributed by atoms with Gasteiger partial charge in [0, 0.05) is 18.2 Å². The maximum Gasteiger partial charge on any atom is 0.319 e. The van der Waals surface area contributed by atoms with Crippen LogP contribution in [0.4, 0.5) is 10.5 Å². The van der Waals surface area contributed by atoms with Gasteiger partial charge in [0.25, 0.3) is 0 Å². The van der Waals surface area contributed by atoms with Crippen LogP contribution in [0, 0.1) is 5.92 Å². The van der Waals surface area contributed by atoms with Crippen LogP contribution >= 0.6 is 0 Å². The molecule has 102 valence electrons. The van der Waals surface area contributed by atoms with Crippen molar-refractivity contribution in [2.45, 2.75) is 32.2 Å². The molecular weight excluding hydrogens is 244 g/mol. The van der Waals surface area contributed by atoms with Gasteiger partial charge in [-0.1, -0.05) is 19.1 Å². The van der Waals surface area contributed by atoms with E-state index in [0.29, 0.717) is 24.1 Å². The fraction of sp³-hybridized carbons (Fsp3) is 0.429. The highest BCUT2D eigenvalue weighted by Crippen LogP contribution is 2.28. The molecular formula is C14H18N2O3. The highest BCUT2D eigenvalue weighted by Gasteiger charge is 2.33. The first-order valence-electron chi connectivity index (χ1n) is 6.43. The molecule has 5 nitrogen and oxygen atoms in total. The SMILES string of the molecule is CC1CC1NC(=O)Nc1ccc(CCC(=O)O)cc1. The molecule has 19 heavy (non-hydrogen) atoms. The molecule has 0 aliphatic heterocycles. The molecule has 3 N–H and O–H groups in total. The van der Waals surface area contributed by atoms with E-state index < -0.39 is 5.97 Å². The second kappa shape index (κ2) is 5.73. The Labute approximate surface area is 112 Å². The molecule has 1 fully saturated rings. The standard InChI is InChI=1S/C14H18N2O3/c1-9-8-12(9)16-14(19)15-11-5-2-10(3-6-11)4-7-13(17)18/h2-3,5-6,9,12H,4,7-8H2,1H3,(H,17,18)(H2,15,16,19). The number of benzene rings is 1. The van der Waals surface area contributed by atoms with Crippen molar-refractivity contribution < 1.29 is 14.7 Å². The zero-order valence-electron chi connectivity index (χ0n) is 10.8. The minimum absolute atomic E-state index is 0.118. The van der Waals surface area contributed by atoms with E-state index in [2.05, 4.69) is 17.6 Å². The van der Waals surface area contributed by atoms with Gasteiger partial charge in [0.2, 0.25) is 0 Å². The molecule has 2 rings (SSSR count). The number of rotatable bonds is 5. The van der Waals surface area contributed by atoms with E-state index in [1.165, 1.54) is 0 Å². The minimum atomic E-state index is -0.805. The summed E-state index contributed by atoms with van der Waals surface area (Å²) in [4.78, 5) is 22.1. The van der Waals surface area contributed by atoms with Gasteiger partial charge in [0.05, 0.1) is 0 Å². The van der Waals surface area contributed by atoms with Gasteiger partial charge in [-0.15, -0.1) is 0 Å². The topological polar surface area (TPSA) is 78.4 Å². The normalized spacial score (nSPS) is 20.7. The summed E-state index contributed by atoms with van der Waals surface area (Å²) in [6.45, 7) is 2.10. The average Bonchev–Trinajstić information content (AvgIpc) is 3.03. The minimum Gasteiger partial charge on any atom is -0.481 e. The maximum absolute atomic E-state index is 11.6. The summed E-state index contributed by atoms with van der Waals surface area (Å²) in [5, 5.41) is 14.2. The van der Waals surface area contributed by atoms with Crippen LogP contribution in [0.3, 0.4) is 0 Å². The first-order valence-corrected chi connectivity index (χ1v) is 6.43. The number of carbonyl (C=O) groups is 2. The fourth-order valence-corrected chi connectivity index (χ4v) is 1.86. The smallest absolute Gasteiger partial charge is 0.319 e. The molecule has 2 amide bonds. The van der Waals surface area contributed by atoms with Crippen molar-refractivity contribution in [3.8, 4) is 0 Å². The number of carbonyl (C=O) groups excluding carboxylic acids is 1. The maximum atomic E-state index is 11.6. The van der Waals surface area contributed by atoms with E-state index in [4.69, 9.17) is 5.11 Å². The summed E-state index contributed by atoms with van der Waals surface area (Å²) in [7, 11) is 0. The zero-order chi connectivity index (χ0) is 13.8. The highest BCUT2D eigenvalue weighted by atomic mass is 16.4. The second-order valence-corrected chi connectivity index (χ2v) is 5.01. The second-order valence-electron chi connectivity index (χ2n) is 5.01. The van der Waals surface area contributed by atoms with Gasteiger partial charge in [-0.05, 0) is 36.5 Å². The molecule has 0 bridgehead atoms. The third-order valence-corrected chi connectivity index (χ3v) is 3.27. The molecule has 0 radical (unpaired) electrons. The van der Waals surface area contributed by atoms with Crippen LogP contribution in [0.15, 0.2) is 24.3 Å². The summed E-state index contributed by atoms with van der Waals surface area (Å²) >= 11 is 0. The molecule has 2 unspecified atom stereocenters. The molecule has 1 aliphatic rings. The summed E-state index contributed by atoms with van der Waals surface area (Å²) in [5.74, 6) is -0.232. The fourth-order valence-electron chi connectivity index (χ4n) is 1.86. The number of aryl methyl sites for hydroxylation is 1. The van der Waals surface area contributed by atoms with Gasteiger partial charge in [0.15, 0.2) is 0 Å². The van der Waals surface area contributed by atoms with Crippen molar-refractivity contribution in [2.75, 3.05) is 5.32 Å². The van der Waals surface area contributed by atoms with Gasteiger partial charge in [-0.2, -0.15) is 0 Å². The molecule has 2 atom stereocenters. The number of hydrogen-bond acceptors (Lipinski definition) is 2. The number of carboxylic acid groups (broad SMARTS) is 1. The van der Waals surface area contributed by atoms with E-state index in [1.807, 2.05) is 12.1 Å². The molecule has 1 saturated carbocycles. The van der Waals surface area contributed by atoms with Gasteiger partial charge in [-0.3, -0.25) is 4.79 Å². The number of amides is 2. The summed E-state index contributed by atoms with van der Waals surface area (Å²) in [6.07, 6.45) is 1.66. The number of nitrogens with one attached hydrogen (secondary N) is 2. The van der Waals surface area contributed by atoms with E-state index in [1.54, 1.807) is 12.1 Å². The lowest BCUT2D eigenvalue weighted by Gasteiger charge is -2.07. The van der Waals surface area contributed by atoms with Crippen molar-refractivity contribution in [1.82, 2.24) is 5.32 Å². The molecule has 5 heteroatoms. The average molecular weight is 262 g/mol. The Morgan fingerprint density at radius 2 is 1.95 bits per heavy atom. The van der Waals surface area contributed by atoms with Gasteiger partial charge < -0.3 is 15.7 Å². The van der Waals surface area contributed by atoms with Crippen LogP contribution in [0.2, 0.25) is 0 Å². The van der Waals surface area contributed by atoms with Crippen LogP contribution in [-0.2, 0) is 11.2 Å². The Hall–Kier alpha value is -2.04. The Morgan fingerprint density at radius 1 is 1.32 bits per heavy atom. The van der Waals surface area contributed by atoms with Crippen LogP contribution < -0.4 is 10.6 Å². The lowest BCUT2D eigenvalue weighted by atomic mass is 10.1. The molecule has 1 aromatic carbocycles. The molecule has 0 spiro atoms.